The van der Waals surface area contributed by atoms with Crippen molar-refractivity contribution in [3.8, 4) is 0 Å². The van der Waals surface area contributed by atoms with Crippen LogP contribution in [0.4, 0.5) is 4.39 Å². The van der Waals surface area contributed by atoms with Crippen LogP contribution in [0.3, 0.4) is 0 Å². The van der Waals surface area contributed by atoms with Gasteiger partial charge in [-0.3, -0.25) is 4.90 Å². The lowest BCUT2D eigenvalue weighted by molar-refractivity contribution is 0.210. The van der Waals surface area contributed by atoms with Crippen molar-refractivity contribution >= 4 is 10.0 Å². The molecule has 0 aromatic heterocycles. The fraction of sp³-hybridized carbons (Fsp3) is 0.625. The molecule has 1 aliphatic heterocycles. The Morgan fingerprint density at radius 3 is 2.68 bits per heavy atom. The molecule has 4 nitrogen and oxygen atoms in total. The van der Waals surface area contributed by atoms with Gasteiger partial charge in [0, 0.05) is 25.7 Å². The molecule has 0 spiro atoms. The van der Waals surface area contributed by atoms with Gasteiger partial charge in [-0.2, -0.15) is 0 Å². The molecule has 0 saturated carbocycles. The number of sulfonamides is 1. The fourth-order valence-electron chi connectivity index (χ4n) is 2.94. The average molecular weight is 328 g/mol. The van der Waals surface area contributed by atoms with E-state index in [-0.39, 0.29) is 5.82 Å². The molecule has 1 fully saturated rings. The molecule has 1 aromatic carbocycles. The summed E-state index contributed by atoms with van der Waals surface area (Å²) in [6.07, 6.45) is 3.92. The predicted molar refractivity (Wildman–Crippen MR) is 86.8 cm³/mol. The van der Waals surface area contributed by atoms with E-state index in [2.05, 4.69) is 11.8 Å². The van der Waals surface area contributed by atoms with Gasteiger partial charge in [-0.05, 0) is 50.4 Å². The van der Waals surface area contributed by atoms with E-state index in [1.165, 1.54) is 12.3 Å². The molecule has 1 saturated heterocycles. The van der Waals surface area contributed by atoms with Crippen LogP contribution in [0.1, 0.15) is 25.3 Å². The van der Waals surface area contributed by atoms with Crippen LogP contribution in [0, 0.1) is 5.82 Å². The second-order valence-electron chi connectivity index (χ2n) is 6.07. The summed E-state index contributed by atoms with van der Waals surface area (Å²) in [4.78, 5) is 2.34. The lowest BCUT2D eigenvalue weighted by Crippen LogP contribution is -2.38. The van der Waals surface area contributed by atoms with E-state index in [1.54, 1.807) is 16.4 Å². The number of benzene rings is 1. The summed E-state index contributed by atoms with van der Waals surface area (Å²) >= 11 is 0. The van der Waals surface area contributed by atoms with Gasteiger partial charge in [0.2, 0.25) is 10.0 Å². The first-order chi connectivity index (χ1) is 10.4. The third kappa shape index (κ3) is 5.04. The Morgan fingerprint density at radius 1 is 1.23 bits per heavy atom. The van der Waals surface area contributed by atoms with Gasteiger partial charge in [-0.1, -0.05) is 12.1 Å². The molecule has 0 N–H and O–H groups in total. The van der Waals surface area contributed by atoms with E-state index in [4.69, 9.17) is 0 Å². The fourth-order valence-corrected chi connectivity index (χ4v) is 3.81. The molecule has 124 valence electrons. The minimum Gasteiger partial charge on any atom is -0.299 e. The van der Waals surface area contributed by atoms with Gasteiger partial charge in [0.1, 0.15) is 5.82 Å². The van der Waals surface area contributed by atoms with Gasteiger partial charge in [0.05, 0.1) is 6.26 Å². The van der Waals surface area contributed by atoms with Crippen LogP contribution in [0.25, 0.3) is 0 Å². The molecular formula is C16H25FN2O2S. The number of halogens is 1. The van der Waals surface area contributed by atoms with Crippen molar-refractivity contribution in [2.45, 2.75) is 32.2 Å². The quantitative estimate of drug-likeness (QED) is 0.831. The highest BCUT2D eigenvalue weighted by molar-refractivity contribution is 7.88. The summed E-state index contributed by atoms with van der Waals surface area (Å²) < 4.78 is 38.0. The van der Waals surface area contributed by atoms with Gasteiger partial charge in [-0.25, -0.2) is 17.1 Å². The second kappa shape index (κ2) is 7.53. The van der Waals surface area contributed by atoms with Crippen LogP contribution in [-0.2, 0) is 16.4 Å². The van der Waals surface area contributed by atoms with Crippen LogP contribution < -0.4 is 0 Å². The first-order valence-corrected chi connectivity index (χ1v) is 9.65. The van der Waals surface area contributed by atoms with Crippen LogP contribution in [-0.4, -0.2) is 56.1 Å². The SMILES string of the molecule is C[C@@H](CCc1cccc(F)c1)N1CCCN(S(C)(=O)=O)CC1. The van der Waals surface area contributed by atoms with E-state index in [9.17, 15) is 12.8 Å². The summed E-state index contributed by atoms with van der Waals surface area (Å²) in [6.45, 7) is 5.00. The molecule has 1 aliphatic rings. The van der Waals surface area contributed by atoms with Crippen molar-refractivity contribution in [3.63, 3.8) is 0 Å². The maximum atomic E-state index is 13.2. The van der Waals surface area contributed by atoms with Crippen LogP contribution in [0.2, 0.25) is 0 Å². The first-order valence-electron chi connectivity index (χ1n) is 7.80. The monoisotopic (exact) mass is 328 g/mol. The lowest BCUT2D eigenvalue weighted by Gasteiger charge is -2.27. The minimum atomic E-state index is -3.09. The molecule has 1 heterocycles. The molecule has 0 radical (unpaired) electrons. The molecule has 0 aliphatic carbocycles. The van der Waals surface area contributed by atoms with Crippen molar-refractivity contribution in [1.82, 2.24) is 9.21 Å². The van der Waals surface area contributed by atoms with Crippen molar-refractivity contribution < 1.29 is 12.8 Å². The Kier molecular flexibility index (Phi) is 5.94. The van der Waals surface area contributed by atoms with Gasteiger partial charge in [0.15, 0.2) is 0 Å². The van der Waals surface area contributed by atoms with Crippen molar-refractivity contribution in [1.29, 1.82) is 0 Å². The third-order valence-electron chi connectivity index (χ3n) is 4.32. The van der Waals surface area contributed by atoms with E-state index >= 15 is 0 Å². The highest BCUT2D eigenvalue weighted by Crippen LogP contribution is 2.14. The van der Waals surface area contributed by atoms with Crippen LogP contribution in [0.5, 0.6) is 0 Å². The summed E-state index contributed by atoms with van der Waals surface area (Å²) in [5.41, 5.74) is 1.01. The number of aryl methyl sites for hydroxylation is 1. The maximum Gasteiger partial charge on any atom is 0.211 e. The Hall–Kier alpha value is -0.980. The molecule has 0 unspecified atom stereocenters. The molecule has 0 bridgehead atoms. The van der Waals surface area contributed by atoms with Crippen LogP contribution in [0.15, 0.2) is 24.3 Å². The average Bonchev–Trinajstić information content (AvgIpc) is 2.70. The molecule has 0 amide bonds. The van der Waals surface area contributed by atoms with Crippen molar-refractivity contribution in [3.05, 3.63) is 35.6 Å². The molecule has 1 aromatic rings. The third-order valence-corrected chi connectivity index (χ3v) is 5.62. The summed E-state index contributed by atoms with van der Waals surface area (Å²) in [5, 5.41) is 0. The van der Waals surface area contributed by atoms with Crippen LogP contribution >= 0.6 is 0 Å². The largest absolute Gasteiger partial charge is 0.299 e. The van der Waals surface area contributed by atoms with E-state index in [0.717, 1.165) is 37.9 Å². The highest BCUT2D eigenvalue weighted by Gasteiger charge is 2.23. The molecular weight excluding hydrogens is 303 g/mol. The maximum absolute atomic E-state index is 13.2. The molecule has 6 heteroatoms. The number of rotatable bonds is 5. The smallest absolute Gasteiger partial charge is 0.211 e. The summed E-state index contributed by atoms with van der Waals surface area (Å²) in [7, 11) is -3.09. The zero-order valence-corrected chi connectivity index (χ0v) is 14.2. The predicted octanol–water partition coefficient (Wildman–Crippen LogP) is 2.11. The highest BCUT2D eigenvalue weighted by atomic mass is 32.2. The topological polar surface area (TPSA) is 40.6 Å². The molecule has 22 heavy (non-hydrogen) atoms. The van der Waals surface area contributed by atoms with E-state index < -0.39 is 10.0 Å². The minimum absolute atomic E-state index is 0.191. The second-order valence-corrected chi connectivity index (χ2v) is 8.05. The normalized spacial score (nSPS) is 19.8. The standard InChI is InChI=1S/C16H25FN2O2S/c1-14(7-8-15-5-3-6-16(17)13-15)18-9-4-10-19(12-11-18)22(2,20)21/h3,5-6,13-14H,4,7-12H2,1-2H3/t14-/m0/s1. The summed E-state index contributed by atoms with van der Waals surface area (Å²) in [6, 6.07) is 7.10. The lowest BCUT2D eigenvalue weighted by atomic mass is 10.0. The van der Waals surface area contributed by atoms with E-state index in [1.807, 2.05) is 6.07 Å². The number of hydrogen-bond donors (Lipinski definition) is 0. The number of hydrogen-bond acceptors (Lipinski definition) is 3. The Bertz CT molecular complexity index is 592. The zero-order valence-electron chi connectivity index (χ0n) is 13.3. The van der Waals surface area contributed by atoms with Crippen molar-refractivity contribution in [2.75, 3.05) is 32.4 Å². The molecule has 1 atom stereocenters. The summed E-state index contributed by atoms with van der Waals surface area (Å²) in [5.74, 6) is -0.191. The Balaban J connectivity index is 1.86. The van der Waals surface area contributed by atoms with Gasteiger partial charge >= 0.3 is 0 Å². The Morgan fingerprint density at radius 2 is 2.00 bits per heavy atom. The van der Waals surface area contributed by atoms with Gasteiger partial charge in [-0.15, -0.1) is 0 Å². The number of nitrogens with zero attached hydrogens (tertiary/aromatic N) is 2. The zero-order chi connectivity index (χ0) is 16.2. The van der Waals surface area contributed by atoms with Gasteiger partial charge in [0.25, 0.3) is 0 Å². The van der Waals surface area contributed by atoms with Gasteiger partial charge < -0.3 is 0 Å². The Labute approximate surface area is 133 Å². The van der Waals surface area contributed by atoms with E-state index in [0.29, 0.717) is 19.1 Å². The first kappa shape index (κ1) is 17.4. The molecule has 2 rings (SSSR count). The van der Waals surface area contributed by atoms with Crippen molar-refractivity contribution in [2.24, 2.45) is 0 Å².